The van der Waals surface area contributed by atoms with Gasteiger partial charge in [0.1, 0.15) is 13.2 Å². The van der Waals surface area contributed by atoms with Crippen LogP contribution in [0.2, 0.25) is 0 Å². The molecule has 0 aromatic carbocycles. The predicted molar refractivity (Wildman–Crippen MR) is 401 cm³/mol. The summed E-state index contributed by atoms with van der Waals surface area (Å²) >= 11 is 0. The molecule has 0 aliphatic heterocycles. The van der Waals surface area contributed by atoms with Crippen LogP contribution in [0.4, 0.5) is 0 Å². The number of carboxylic acids is 1. The van der Waals surface area contributed by atoms with Crippen LogP contribution < -0.4 is 0 Å². The first-order chi connectivity index (χ1) is 45.6. The van der Waals surface area contributed by atoms with E-state index in [0.717, 1.165) is 89.9 Å². The smallest absolute Gasteiger partial charge is 0.361 e. The molecule has 0 radical (unpaired) electrons. The molecule has 0 saturated heterocycles. The van der Waals surface area contributed by atoms with Crippen molar-refractivity contribution in [1.29, 1.82) is 0 Å². The van der Waals surface area contributed by atoms with Gasteiger partial charge in [-0.3, -0.25) is 9.59 Å². The maximum atomic E-state index is 13.0. The third-order valence-corrected chi connectivity index (χ3v) is 17.0. The van der Waals surface area contributed by atoms with E-state index in [1.807, 2.05) is 21.1 Å². The number of quaternary nitrogens is 1. The Labute approximate surface area is 575 Å². The van der Waals surface area contributed by atoms with Crippen LogP contribution in [0.15, 0.2) is 109 Å². The van der Waals surface area contributed by atoms with Gasteiger partial charge in [0.2, 0.25) is 0 Å². The van der Waals surface area contributed by atoms with Gasteiger partial charge in [0.05, 0.1) is 34.4 Å². The summed E-state index contributed by atoms with van der Waals surface area (Å²) in [4.78, 5) is 37.7. The van der Waals surface area contributed by atoms with Crippen LogP contribution in [-0.2, 0) is 33.3 Å². The molecule has 93 heavy (non-hydrogen) atoms. The Morgan fingerprint density at radius 1 is 0.333 bits per heavy atom. The first-order valence-corrected chi connectivity index (χ1v) is 39.1. The number of carbonyl (C=O) groups excluding carboxylic acids is 2. The third kappa shape index (κ3) is 75.2. The Kier molecular flexibility index (Phi) is 70.5. The highest BCUT2D eigenvalue weighted by molar-refractivity contribution is 5.71. The molecule has 0 spiro atoms. The van der Waals surface area contributed by atoms with Crippen LogP contribution in [0.1, 0.15) is 348 Å². The van der Waals surface area contributed by atoms with Gasteiger partial charge in [-0.25, -0.2) is 4.79 Å². The summed E-state index contributed by atoms with van der Waals surface area (Å²) in [7, 11) is 5.99. The predicted octanol–water partition coefficient (Wildman–Crippen LogP) is 24.9. The van der Waals surface area contributed by atoms with Crippen LogP contribution in [0, 0.1) is 0 Å². The summed E-state index contributed by atoms with van der Waals surface area (Å²) in [6.45, 7) is 4.79. The van der Waals surface area contributed by atoms with Crippen molar-refractivity contribution >= 4 is 17.9 Å². The Hall–Kier alpha value is -4.05. The van der Waals surface area contributed by atoms with Crippen LogP contribution in [0.25, 0.3) is 0 Å². The molecule has 0 saturated carbocycles. The normalized spacial score (nSPS) is 13.3. The average molecular weight is 1300 g/mol. The molecule has 0 rings (SSSR count). The van der Waals surface area contributed by atoms with Gasteiger partial charge < -0.3 is 28.5 Å². The Balaban J connectivity index is 4.02. The summed E-state index contributed by atoms with van der Waals surface area (Å²) in [5.74, 6) is -1.99. The van der Waals surface area contributed by atoms with Gasteiger partial charge >= 0.3 is 17.9 Å². The highest BCUT2D eigenvalue weighted by Gasteiger charge is 2.25. The van der Waals surface area contributed by atoms with Crippen molar-refractivity contribution in [2.45, 2.75) is 360 Å². The number of aliphatic carboxylic acids is 1. The van der Waals surface area contributed by atoms with Crippen molar-refractivity contribution in [3.05, 3.63) is 109 Å². The standard InChI is InChI=1S/C84H147NO8/c1-6-8-10-12-14-16-18-20-22-24-26-28-30-32-34-35-36-37-38-39-40-41-42-43-44-45-46-47-49-51-53-55-57-59-61-63-65-67-69-71-73-75-82(87)93-80(79-92-84(83(88)89)90-77-76-85(3,4)5)78-91-81(86)74-72-70-68-66-64-62-60-58-56-54-52-50-48-33-31-29-27-25-23-21-19-17-15-13-11-9-7-2/h8,10,14,16,19-22,25-28,32,34,36-37,39-40,80,84H,6-7,9,11-13,15,17-18,23-24,29-31,33,35,38,41-79H2,1-5H3/p+1/b10-8-,16-14-,21-19-,22-20-,27-25-,28-26-,34-32-,37-36-,40-39-. The van der Waals surface area contributed by atoms with E-state index in [2.05, 4.69) is 123 Å². The Morgan fingerprint density at radius 2 is 0.613 bits per heavy atom. The molecule has 536 valence electrons. The molecule has 0 aliphatic carbocycles. The van der Waals surface area contributed by atoms with Crippen molar-refractivity contribution in [2.75, 3.05) is 47.5 Å². The minimum Gasteiger partial charge on any atom is -0.477 e. The number of carbonyl (C=O) groups is 3. The van der Waals surface area contributed by atoms with E-state index in [9.17, 15) is 19.5 Å². The molecule has 2 atom stereocenters. The maximum Gasteiger partial charge on any atom is 0.361 e. The van der Waals surface area contributed by atoms with Crippen LogP contribution in [-0.4, -0.2) is 87.4 Å². The second-order valence-corrected chi connectivity index (χ2v) is 27.3. The minimum atomic E-state index is -1.51. The lowest BCUT2D eigenvalue weighted by atomic mass is 10.0. The van der Waals surface area contributed by atoms with Crippen molar-refractivity contribution in [3.63, 3.8) is 0 Å². The van der Waals surface area contributed by atoms with E-state index < -0.39 is 24.3 Å². The number of esters is 2. The van der Waals surface area contributed by atoms with Gasteiger partial charge in [0.25, 0.3) is 6.29 Å². The number of likely N-dealkylation sites (N-methyl/N-ethyl adjacent to an activating group) is 1. The Bertz CT molecular complexity index is 1900. The molecule has 0 bridgehead atoms. The van der Waals surface area contributed by atoms with Crippen molar-refractivity contribution in [3.8, 4) is 0 Å². The quantitative estimate of drug-likeness (QED) is 0.0211. The monoisotopic (exact) mass is 1300 g/mol. The fourth-order valence-corrected chi connectivity index (χ4v) is 11.1. The highest BCUT2D eigenvalue weighted by atomic mass is 16.7. The van der Waals surface area contributed by atoms with E-state index in [4.69, 9.17) is 18.9 Å². The summed E-state index contributed by atoms with van der Waals surface area (Å²) in [6, 6.07) is 0. The Morgan fingerprint density at radius 3 is 0.914 bits per heavy atom. The molecule has 9 heteroatoms. The first kappa shape index (κ1) is 89.0. The SMILES string of the molecule is CC/C=C\C/C=C\C/C=C\C/C=C\C/C=C\C/C=C\C/C=C\CCCCCCCCCCCCCCCCCCCCCC(=O)OC(COC(=O)CCCCCCCCCCCCCCCCC/C=C\C/C=C\CCCCCCC)COC(OCC[N+](C)(C)C)C(=O)O. The zero-order chi connectivity index (χ0) is 67.5. The molecule has 0 amide bonds. The van der Waals surface area contributed by atoms with E-state index in [1.54, 1.807) is 0 Å². The number of rotatable bonds is 72. The van der Waals surface area contributed by atoms with Crippen molar-refractivity contribution in [2.24, 2.45) is 0 Å². The van der Waals surface area contributed by atoms with Gasteiger partial charge in [-0.2, -0.15) is 0 Å². The maximum absolute atomic E-state index is 13.0. The van der Waals surface area contributed by atoms with E-state index in [-0.39, 0.29) is 32.2 Å². The summed E-state index contributed by atoms with van der Waals surface area (Å²) < 4.78 is 23.0. The zero-order valence-corrected chi connectivity index (χ0v) is 61.4. The summed E-state index contributed by atoms with van der Waals surface area (Å²) in [6.07, 6.45) is 101. The van der Waals surface area contributed by atoms with Crippen molar-refractivity contribution in [1.82, 2.24) is 0 Å². The lowest BCUT2D eigenvalue weighted by Crippen LogP contribution is -2.40. The number of ether oxygens (including phenoxy) is 4. The van der Waals surface area contributed by atoms with Gasteiger partial charge in [-0.1, -0.05) is 342 Å². The third-order valence-electron chi connectivity index (χ3n) is 17.0. The number of hydrogen-bond acceptors (Lipinski definition) is 7. The molecule has 9 nitrogen and oxygen atoms in total. The summed E-state index contributed by atoms with van der Waals surface area (Å²) in [5, 5.41) is 9.77. The number of nitrogens with zero attached hydrogens (tertiary/aromatic N) is 1. The van der Waals surface area contributed by atoms with Crippen molar-refractivity contribution < 1.29 is 42.9 Å². The molecular weight excluding hydrogens is 1150 g/mol. The highest BCUT2D eigenvalue weighted by Crippen LogP contribution is 2.18. The molecule has 0 aromatic heterocycles. The second-order valence-electron chi connectivity index (χ2n) is 27.3. The van der Waals surface area contributed by atoms with E-state index in [0.29, 0.717) is 17.4 Å². The molecule has 1 N–H and O–H groups in total. The average Bonchev–Trinajstić information content (AvgIpc) is 3.38. The molecule has 0 aromatic rings. The molecular formula is C84H148NO8+. The number of hydrogen-bond donors (Lipinski definition) is 1. The second kappa shape index (κ2) is 73.8. The van der Waals surface area contributed by atoms with Gasteiger partial charge in [0.15, 0.2) is 6.10 Å². The number of carboxylic acid groups (broad SMARTS) is 1. The van der Waals surface area contributed by atoms with E-state index in [1.165, 1.54) is 231 Å². The number of allylic oxidation sites excluding steroid dienone is 18. The largest absolute Gasteiger partial charge is 0.477 e. The van der Waals surface area contributed by atoms with E-state index >= 15 is 0 Å². The van der Waals surface area contributed by atoms with Crippen LogP contribution in [0.3, 0.4) is 0 Å². The molecule has 0 aliphatic rings. The first-order valence-electron chi connectivity index (χ1n) is 39.1. The molecule has 0 heterocycles. The lowest BCUT2D eigenvalue weighted by Gasteiger charge is -2.25. The van der Waals surface area contributed by atoms with Crippen LogP contribution >= 0.6 is 0 Å². The fraction of sp³-hybridized carbons (Fsp3) is 0.750. The topological polar surface area (TPSA) is 108 Å². The lowest BCUT2D eigenvalue weighted by molar-refractivity contribution is -0.870. The molecule has 2 unspecified atom stereocenters. The number of unbranched alkanes of at least 4 members (excludes halogenated alkanes) is 39. The van der Waals surface area contributed by atoms with Gasteiger partial charge in [0, 0.05) is 12.8 Å². The zero-order valence-electron chi connectivity index (χ0n) is 61.4. The minimum absolute atomic E-state index is 0.181. The molecule has 0 fully saturated rings. The fourth-order valence-electron chi connectivity index (χ4n) is 11.1. The van der Waals surface area contributed by atoms with Gasteiger partial charge in [-0.05, 0) is 103 Å². The van der Waals surface area contributed by atoms with Gasteiger partial charge in [-0.15, -0.1) is 0 Å². The van der Waals surface area contributed by atoms with Crippen LogP contribution in [0.5, 0.6) is 0 Å². The summed E-state index contributed by atoms with van der Waals surface area (Å²) in [5.41, 5.74) is 0.